The lowest BCUT2D eigenvalue weighted by Gasteiger charge is -2.05. The second-order valence-electron chi connectivity index (χ2n) is 3.55. The lowest BCUT2D eigenvalue weighted by Crippen LogP contribution is -2.28. The molecule has 0 radical (unpaired) electrons. The van der Waals surface area contributed by atoms with Gasteiger partial charge >= 0.3 is 0 Å². The van der Waals surface area contributed by atoms with E-state index in [1.807, 2.05) is 13.8 Å². The summed E-state index contributed by atoms with van der Waals surface area (Å²) in [4.78, 5) is 22.2. The fourth-order valence-corrected chi connectivity index (χ4v) is 1.13. The zero-order valence-electron chi connectivity index (χ0n) is 10.8. The number of hydrogen-bond acceptors (Lipinski definition) is 4. The van der Waals surface area contributed by atoms with Crippen LogP contribution in [0, 0.1) is 0 Å². The van der Waals surface area contributed by atoms with Crippen LogP contribution in [0.5, 0.6) is 0 Å². The summed E-state index contributed by atoms with van der Waals surface area (Å²) in [7, 11) is 0. The minimum atomic E-state index is -0.0495. The van der Waals surface area contributed by atoms with E-state index >= 15 is 0 Å². The van der Waals surface area contributed by atoms with Crippen LogP contribution >= 0.6 is 0 Å². The van der Waals surface area contributed by atoms with E-state index in [1.165, 1.54) is 0 Å². The summed E-state index contributed by atoms with van der Waals surface area (Å²) in [6.07, 6.45) is 1.30. The van der Waals surface area contributed by atoms with Crippen molar-refractivity contribution in [2.75, 3.05) is 33.0 Å². The van der Waals surface area contributed by atoms with E-state index in [1.54, 1.807) is 0 Å². The average molecular weight is 247 g/mol. The van der Waals surface area contributed by atoms with Crippen LogP contribution in [-0.2, 0) is 19.1 Å². The van der Waals surface area contributed by atoms with E-state index in [0.29, 0.717) is 52.2 Å². The van der Waals surface area contributed by atoms with Crippen LogP contribution in [0.3, 0.4) is 0 Å². The highest BCUT2D eigenvalue weighted by Crippen LogP contribution is 1.91. The summed E-state index contributed by atoms with van der Waals surface area (Å²) in [5, 5.41) is 2.72. The molecule has 0 aromatic heterocycles. The minimum Gasteiger partial charge on any atom is -0.380 e. The van der Waals surface area contributed by atoms with Crippen LogP contribution in [0.25, 0.3) is 0 Å². The Labute approximate surface area is 104 Å². The molecule has 1 amide bonds. The smallest absolute Gasteiger partial charge is 0.222 e. The molecule has 17 heavy (non-hydrogen) atoms. The minimum absolute atomic E-state index is 0. The number of carbonyl (C=O) groups is 2. The van der Waals surface area contributed by atoms with Gasteiger partial charge in [-0.3, -0.25) is 9.59 Å². The summed E-state index contributed by atoms with van der Waals surface area (Å²) < 4.78 is 10.3. The van der Waals surface area contributed by atoms with Crippen molar-refractivity contribution in [2.45, 2.75) is 33.1 Å². The first kappa shape index (κ1) is 16.1. The Kier molecular flexibility index (Phi) is 10.9. The van der Waals surface area contributed by atoms with Gasteiger partial charge in [0, 0.05) is 33.8 Å². The number of ether oxygens (including phenoxy) is 2. The van der Waals surface area contributed by atoms with Crippen LogP contribution in [0.4, 0.5) is 0 Å². The van der Waals surface area contributed by atoms with Crippen molar-refractivity contribution in [3.8, 4) is 0 Å². The Morgan fingerprint density at radius 1 is 1.06 bits per heavy atom. The van der Waals surface area contributed by atoms with Crippen molar-refractivity contribution in [3.05, 3.63) is 0 Å². The Hall–Kier alpha value is -0.940. The molecular formula is C12H25NO4. The third-order valence-corrected chi connectivity index (χ3v) is 2.17. The van der Waals surface area contributed by atoms with E-state index in [2.05, 4.69) is 5.32 Å². The Bertz CT molecular complexity index is 224. The van der Waals surface area contributed by atoms with Gasteiger partial charge in [0.25, 0.3) is 0 Å². The van der Waals surface area contributed by atoms with Gasteiger partial charge in [-0.2, -0.15) is 0 Å². The van der Waals surface area contributed by atoms with Crippen molar-refractivity contribution in [2.24, 2.45) is 0 Å². The fraction of sp³-hybridized carbons (Fsp3) is 0.833. The monoisotopic (exact) mass is 247 g/mol. The molecule has 5 heteroatoms. The quantitative estimate of drug-likeness (QED) is 0.556. The van der Waals surface area contributed by atoms with E-state index in [9.17, 15) is 9.59 Å². The van der Waals surface area contributed by atoms with Crippen LogP contribution in [0.2, 0.25) is 0 Å². The first-order chi connectivity index (χ1) is 8.20. The first-order valence-corrected chi connectivity index (χ1v) is 6.14. The second kappa shape index (κ2) is 11.5. The van der Waals surface area contributed by atoms with Gasteiger partial charge < -0.3 is 14.8 Å². The molecule has 0 unspecified atom stereocenters. The van der Waals surface area contributed by atoms with Crippen LogP contribution in [0.1, 0.15) is 34.5 Å². The summed E-state index contributed by atoms with van der Waals surface area (Å²) >= 11 is 0. The predicted molar refractivity (Wildman–Crippen MR) is 67.0 cm³/mol. The molecule has 0 aromatic carbocycles. The number of carbonyl (C=O) groups excluding carboxylic acids is 2. The molecule has 0 saturated heterocycles. The van der Waals surface area contributed by atoms with E-state index in [4.69, 9.17) is 9.47 Å². The topological polar surface area (TPSA) is 64.6 Å². The Balaban J connectivity index is 0. The fourth-order valence-electron chi connectivity index (χ4n) is 1.13. The lowest BCUT2D eigenvalue weighted by atomic mass is 10.2. The number of rotatable bonds is 11. The van der Waals surface area contributed by atoms with Crippen molar-refractivity contribution in [1.82, 2.24) is 5.32 Å². The van der Waals surface area contributed by atoms with Gasteiger partial charge in [0.05, 0.1) is 19.8 Å². The van der Waals surface area contributed by atoms with Crippen molar-refractivity contribution < 1.29 is 20.5 Å². The molecule has 5 nitrogen and oxygen atoms in total. The second-order valence-corrected chi connectivity index (χ2v) is 3.55. The Morgan fingerprint density at radius 2 is 1.76 bits per heavy atom. The zero-order valence-corrected chi connectivity index (χ0v) is 10.8. The maximum Gasteiger partial charge on any atom is 0.222 e. The number of nitrogens with one attached hydrogen (secondary N) is 1. The van der Waals surface area contributed by atoms with Gasteiger partial charge in [0.1, 0.15) is 5.78 Å². The van der Waals surface area contributed by atoms with Gasteiger partial charge in [-0.15, -0.1) is 0 Å². The molecule has 0 saturated carbocycles. The van der Waals surface area contributed by atoms with Crippen molar-refractivity contribution in [1.29, 1.82) is 0 Å². The number of hydrogen-bond donors (Lipinski definition) is 1. The third-order valence-electron chi connectivity index (χ3n) is 2.17. The van der Waals surface area contributed by atoms with Crippen molar-refractivity contribution >= 4 is 11.7 Å². The van der Waals surface area contributed by atoms with Crippen LogP contribution < -0.4 is 5.32 Å². The van der Waals surface area contributed by atoms with Gasteiger partial charge in [0.15, 0.2) is 0 Å². The Morgan fingerprint density at radius 3 is 2.41 bits per heavy atom. The zero-order chi connectivity index (χ0) is 12.9. The molecule has 0 bridgehead atoms. The maximum atomic E-state index is 11.2. The molecule has 0 heterocycles. The normalized spacial score (nSPS) is 10.2. The molecule has 0 atom stereocenters. The number of amides is 1. The molecule has 0 aliphatic rings. The van der Waals surface area contributed by atoms with Crippen LogP contribution in [0.15, 0.2) is 0 Å². The number of ketones is 1. The number of Topliss-reactive ketones (excluding diaryl/α,β-unsaturated/α-hetero) is 1. The maximum absolute atomic E-state index is 11.2. The SMILES string of the molecule is CCOCCNC(=O)CCOCCC(=O)CC.[HH]. The molecule has 0 fully saturated rings. The summed E-state index contributed by atoms with van der Waals surface area (Å²) in [5.41, 5.74) is 0. The first-order valence-electron chi connectivity index (χ1n) is 6.14. The van der Waals surface area contributed by atoms with Gasteiger partial charge in [0.2, 0.25) is 5.91 Å². The largest absolute Gasteiger partial charge is 0.380 e. The van der Waals surface area contributed by atoms with E-state index < -0.39 is 0 Å². The highest BCUT2D eigenvalue weighted by atomic mass is 16.5. The van der Waals surface area contributed by atoms with Gasteiger partial charge in [-0.1, -0.05) is 6.92 Å². The standard InChI is InChI=1S/C12H23NO4.H2/c1-3-11(14)5-8-17-9-6-12(15)13-7-10-16-4-2;/h3-10H2,1-2H3,(H,13,15);1H. The molecule has 102 valence electrons. The van der Waals surface area contributed by atoms with Crippen LogP contribution in [-0.4, -0.2) is 44.7 Å². The molecular weight excluding hydrogens is 222 g/mol. The molecule has 0 aliphatic carbocycles. The predicted octanol–water partition coefficient (Wildman–Crippen LogP) is 1.16. The summed E-state index contributed by atoms with van der Waals surface area (Å²) in [5.74, 6) is 0.137. The van der Waals surface area contributed by atoms with E-state index in [-0.39, 0.29) is 13.1 Å². The highest BCUT2D eigenvalue weighted by molar-refractivity contribution is 5.78. The molecule has 0 aliphatic heterocycles. The molecule has 0 rings (SSSR count). The summed E-state index contributed by atoms with van der Waals surface area (Å²) in [6, 6.07) is 0. The summed E-state index contributed by atoms with van der Waals surface area (Å²) in [6.45, 7) is 6.22. The third kappa shape index (κ3) is 11.3. The lowest BCUT2D eigenvalue weighted by molar-refractivity contribution is -0.122. The van der Waals surface area contributed by atoms with Crippen molar-refractivity contribution in [3.63, 3.8) is 0 Å². The molecule has 1 N–H and O–H groups in total. The van der Waals surface area contributed by atoms with E-state index in [0.717, 1.165) is 0 Å². The molecule has 0 spiro atoms. The highest BCUT2D eigenvalue weighted by Gasteiger charge is 2.01. The molecule has 0 aromatic rings. The average Bonchev–Trinajstić information content (AvgIpc) is 2.34. The van der Waals surface area contributed by atoms with Gasteiger partial charge in [-0.05, 0) is 6.92 Å². The van der Waals surface area contributed by atoms with Gasteiger partial charge in [-0.25, -0.2) is 0 Å².